The van der Waals surface area contributed by atoms with Gasteiger partial charge in [-0.1, -0.05) is 72.4 Å². The number of nitrogens with one attached hydrogen (secondary N) is 1. The number of Topliss-reactive ketones (excluding diaryl/α,β-unsaturated/α-hetero) is 1. The summed E-state index contributed by atoms with van der Waals surface area (Å²) in [6.07, 6.45) is 2.45. The molecule has 3 heterocycles. The molecule has 5 rings (SSSR count). The predicted molar refractivity (Wildman–Crippen MR) is 137 cm³/mol. The van der Waals surface area contributed by atoms with Gasteiger partial charge in [-0.05, 0) is 32.8 Å². The van der Waals surface area contributed by atoms with Gasteiger partial charge in [-0.2, -0.15) is 0 Å². The zero-order chi connectivity index (χ0) is 23.5. The highest BCUT2D eigenvalue weighted by atomic mass is 32.2. The van der Waals surface area contributed by atoms with Crippen molar-refractivity contribution < 1.29 is 9.53 Å². The second kappa shape index (κ2) is 10.0. The number of carbonyl (C=O) groups excluding carboxylic acids is 1. The molecule has 1 atom stereocenters. The van der Waals surface area contributed by atoms with Crippen LogP contribution >= 0.6 is 11.8 Å². The number of hydrogen-bond acceptors (Lipinski definition) is 4. The Bertz CT molecular complexity index is 1210. The maximum absolute atomic E-state index is 13.2. The summed E-state index contributed by atoms with van der Waals surface area (Å²) in [4.78, 5) is 21.5. The van der Waals surface area contributed by atoms with Crippen molar-refractivity contribution >= 4 is 17.5 Å². The Hall–Kier alpha value is -3.09. The molecule has 1 aliphatic rings. The highest BCUT2D eigenvalue weighted by Gasteiger charge is 2.22. The number of aromatic nitrogens is 3. The summed E-state index contributed by atoms with van der Waals surface area (Å²) in [7, 11) is 0. The molecule has 1 aliphatic heterocycles. The van der Waals surface area contributed by atoms with Gasteiger partial charge in [0.05, 0.1) is 23.2 Å². The Balaban J connectivity index is 1.35. The van der Waals surface area contributed by atoms with Crippen LogP contribution in [-0.2, 0) is 11.3 Å². The van der Waals surface area contributed by atoms with Crippen molar-refractivity contribution in [3.8, 4) is 22.5 Å². The lowest BCUT2D eigenvalue weighted by molar-refractivity contribution is 0.0957. The molecule has 0 radical (unpaired) electrons. The third-order valence-corrected chi connectivity index (χ3v) is 7.29. The van der Waals surface area contributed by atoms with Crippen LogP contribution < -0.4 is 0 Å². The maximum Gasteiger partial charge on any atom is 0.175 e. The van der Waals surface area contributed by atoms with Gasteiger partial charge >= 0.3 is 0 Å². The van der Waals surface area contributed by atoms with Gasteiger partial charge in [0.1, 0.15) is 0 Å². The van der Waals surface area contributed by atoms with Crippen molar-refractivity contribution in [2.24, 2.45) is 0 Å². The summed E-state index contributed by atoms with van der Waals surface area (Å²) in [5.41, 5.74) is 6.91. The number of carbonyl (C=O) groups is 1. The Morgan fingerprint density at radius 3 is 2.47 bits per heavy atom. The van der Waals surface area contributed by atoms with Crippen LogP contribution in [0.4, 0.5) is 0 Å². The number of rotatable bonds is 8. The second-order valence-corrected chi connectivity index (χ2v) is 9.70. The number of H-pyrrole nitrogens is 1. The van der Waals surface area contributed by atoms with E-state index in [1.54, 1.807) is 0 Å². The molecule has 1 saturated heterocycles. The Kier molecular flexibility index (Phi) is 6.70. The summed E-state index contributed by atoms with van der Waals surface area (Å²) in [5, 5.41) is 0.749. The third kappa shape index (κ3) is 4.74. The highest BCUT2D eigenvalue weighted by molar-refractivity contribution is 7.99. The highest BCUT2D eigenvalue weighted by Crippen LogP contribution is 2.33. The van der Waals surface area contributed by atoms with Crippen molar-refractivity contribution in [1.82, 2.24) is 14.5 Å². The van der Waals surface area contributed by atoms with Gasteiger partial charge in [0, 0.05) is 41.2 Å². The van der Waals surface area contributed by atoms with E-state index >= 15 is 0 Å². The van der Waals surface area contributed by atoms with E-state index in [9.17, 15) is 4.79 Å². The Morgan fingerprint density at radius 1 is 1.09 bits per heavy atom. The molecule has 2 aromatic carbocycles. The van der Waals surface area contributed by atoms with Crippen LogP contribution in [0, 0.1) is 13.8 Å². The summed E-state index contributed by atoms with van der Waals surface area (Å²) < 4.78 is 8.03. The van der Waals surface area contributed by atoms with Crippen LogP contribution in [0.2, 0.25) is 0 Å². The van der Waals surface area contributed by atoms with Gasteiger partial charge in [-0.3, -0.25) is 4.79 Å². The molecule has 1 fully saturated rings. The lowest BCUT2D eigenvalue weighted by atomic mass is 10.1. The fourth-order valence-corrected chi connectivity index (χ4v) is 5.36. The van der Waals surface area contributed by atoms with Crippen LogP contribution in [0.1, 0.15) is 34.6 Å². The first-order chi connectivity index (χ1) is 16.6. The average Bonchev–Trinajstić information content (AvgIpc) is 3.60. The van der Waals surface area contributed by atoms with Gasteiger partial charge in [0.2, 0.25) is 0 Å². The van der Waals surface area contributed by atoms with Crippen molar-refractivity contribution in [3.05, 3.63) is 83.7 Å². The molecule has 0 saturated carbocycles. The number of benzene rings is 2. The maximum atomic E-state index is 13.2. The Labute approximate surface area is 204 Å². The molecule has 0 aliphatic carbocycles. The number of nitrogens with zero attached hydrogens (tertiary/aromatic N) is 2. The first-order valence-corrected chi connectivity index (χ1v) is 12.7. The van der Waals surface area contributed by atoms with Gasteiger partial charge in [0.15, 0.2) is 10.9 Å². The summed E-state index contributed by atoms with van der Waals surface area (Å²) in [5.74, 6) is 0.454. The van der Waals surface area contributed by atoms with Gasteiger partial charge in [0.25, 0.3) is 0 Å². The molecule has 0 bridgehead atoms. The van der Waals surface area contributed by atoms with E-state index in [4.69, 9.17) is 9.72 Å². The summed E-state index contributed by atoms with van der Waals surface area (Å²) in [6, 6.07) is 22.4. The van der Waals surface area contributed by atoms with Gasteiger partial charge in [-0.15, -0.1) is 0 Å². The average molecular weight is 472 g/mol. The van der Waals surface area contributed by atoms with E-state index in [-0.39, 0.29) is 11.9 Å². The van der Waals surface area contributed by atoms with Crippen molar-refractivity contribution in [2.75, 3.05) is 12.4 Å². The molecular weight excluding hydrogens is 442 g/mol. The minimum atomic E-state index is 0.121. The van der Waals surface area contributed by atoms with Crippen LogP contribution in [0.3, 0.4) is 0 Å². The SMILES string of the molecule is Cc1cc(C(=O)CSc2nc(-c3ccccc3)c(-c3ccccc3)[nH]2)c(C)n1CC1CCCO1. The standard InChI is InChI=1S/C28H29N3O2S/c1-19-16-24(20(2)31(19)17-23-14-9-15-33-23)25(32)18-34-28-29-26(21-10-5-3-6-11-21)27(30-28)22-12-7-4-8-13-22/h3-8,10-13,16,23H,9,14-15,17-18H2,1-2H3,(H,29,30). The fourth-order valence-electron chi connectivity index (χ4n) is 4.61. The topological polar surface area (TPSA) is 59.9 Å². The minimum absolute atomic E-state index is 0.121. The molecule has 34 heavy (non-hydrogen) atoms. The number of ketones is 1. The number of ether oxygens (including phenoxy) is 1. The smallest absolute Gasteiger partial charge is 0.175 e. The largest absolute Gasteiger partial charge is 0.376 e. The molecule has 0 amide bonds. The van der Waals surface area contributed by atoms with E-state index < -0.39 is 0 Å². The third-order valence-electron chi connectivity index (χ3n) is 6.42. The molecule has 174 valence electrons. The van der Waals surface area contributed by atoms with Crippen molar-refractivity contribution in [2.45, 2.75) is 44.5 Å². The van der Waals surface area contributed by atoms with Crippen LogP contribution in [0.25, 0.3) is 22.5 Å². The van der Waals surface area contributed by atoms with E-state index in [1.165, 1.54) is 11.8 Å². The van der Waals surface area contributed by atoms with Gasteiger partial charge in [-0.25, -0.2) is 4.98 Å². The number of thioether (sulfide) groups is 1. The lowest BCUT2D eigenvalue weighted by Crippen LogP contribution is -2.17. The zero-order valence-electron chi connectivity index (χ0n) is 19.6. The second-order valence-electron chi connectivity index (χ2n) is 8.74. The van der Waals surface area contributed by atoms with Crippen molar-refractivity contribution in [3.63, 3.8) is 0 Å². The van der Waals surface area contributed by atoms with E-state index in [0.29, 0.717) is 5.75 Å². The molecule has 1 N–H and O–H groups in total. The minimum Gasteiger partial charge on any atom is -0.376 e. The van der Waals surface area contributed by atoms with Gasteiger partial charge < -0.3 is 14.3 Å². The zero-order valence-corrected chi connectivity index (χ0v) is 20.4. The van der Waals surface area contributed by atoms with E-state index in [1.807, 2.05) is 49.4 Å². The molecule has 6 heteroatoms. The lowest BCUT2D eigenvalue weighted by Gasteiger charge is -2.14. The monoisotopic (exact) mass is 471 g/mol. The number of aromatic amines is 1. The molecule has 0 spiro atoms. The summed E-state index contributed by atoms with van der Waals surface area (Å²) >= 11 is 1.45. The normalized spacial score (nSPS) is 15.6. The summed E-state index contributed by atoms with van der Waals surface area (Å²) in [6.45, 7) is 5.76. The van der Waals surface area contributed by atoms with Crippen molar-refractivity contribution in [1.29, 1.82) is 0 Å². The quantitative estimate of drug-likeness (QED) is 0.241. The first kappa shape index (κ1) is 22.7. The predicted octanol–water partition coefficient (Wildman–Crippen LogP) is 6.32. The van der Waals surface area contributed by atoms with E-state index in [2.05, 4.69) is 40.7 Å². The number of imidazole rings is 1. The number of aryl methyl sites for hydroxylation is 1. The first-order valence-electron chi connectivity index (χ1n) is 11.8. The van der Waals surface area contributed by atoms with E-state index in [0.717, 1.165) is 70.6 Å². The van der Waals surface area contributed by atoms with Crippen LogP contribution in [-0.4, -0.2) is 38.8 Å². The molecule has 4 aromatic rings. The fraction of sp³-hybridized carbons (Fsp3) is 0.286. The van der Waals surface area contributed by atoms with Crippen LogP contribution in [0.15, 0.2) is 71.9 Å². The molecule has 5 nitrogen and oxygen atoms in total. The molecular formula is C28H29N3O2S. The number of hydrogen-bond donors (Lipinski definition) is 1. The molecule has 1 unspecified atom stereocenters. The van der Waals surface area contributed by atoms with Crippen LogP contribution in [0.5, 0.6) is 0 Å². The Morgan fingerprint density at radius 2 is 1.79 bits per heavy atom. The molecule has 2 aromatic heterocycles.